The Morgan fingerprint density at radius 2 is 1.69 bits per heavy atom. The summed E-state index contributed by atoms with van der Waals surface area (Å²) in [6.45, 7) is 8.30. The van der Waals surface area contributed by atoms with E-state index in [1.807, 2.05) is 27.7 Å². The molecule has 4 N–H and O–H groups in total. The fourth-order valence-corrected chi connectivity index (χ4v) is 0.357. The maximum Gasteiger partial charge on any atom is 0.174 e. The average Bonchev–Trinajstić information content (AvgIpc) is 1.85. The third kappa shape index (κ3) is 5.01. The monoisotopic (exact) mass is 206 g/mol. The van der Waals surface area contributed by atoms with Crippen molar-refractivity contribution in [3.05, 3.63) is 0 Å². The summed E-state index contributed by atoms with van der Waals surface area (Å²) < 4.78 is 0. The number of rotatable bonds is 2. The van der Waals surface area contributed by atoms with E-state index in [9.17, 15) is 0 Å². The molecule has 0 fully saturated rings. The molecule has 0 aliphatic heterocycles. The van der Waals surface area contributed by atoms with Gasteiger partial charge < -0.3 is 0 Å². The molecule has 4 nitrogen and oxygen atoms in total. The Labute approximate surface area is 85.9 Å². The van der Waals surface area contributed by atoms with Crippen LogP contribution in [0.25, 0.3) is 0 Å². The Bertz CT molecular complexity index is 199. The van der Waals surface area contributed by atoms with E-state index < -0.39 is 5.79 Å². The van der Waals surface area contributed by atoms with Crippen LogP contribution in [-0.2, 0) is 0 Å². The molecule has 0 aliphatic rings. The summed E-state index contributed by atoms with van der Waals surface area (Å²) >= 11 is 0. The maximum absolute atomic E-state index is 5.72. The van der Waals surface area contributed by atoms with E-state index in [-0.39, 0.29) is 17.8 Å². The molecule has 0 amide bonds. The van der Waals surface area contributed by atoms with Crippen molar-refractivity contribution in [2.75, 3.05) is 6.54 Å². The summed E-state index contributed by atoms with van der Waals surface area (Å²) in [5.41, 5.74) is 11.2. The minimum atomic E-state index is -1.09. The zero-order chi connectivity index (χ0) is 9.83. The Morgan fingerprint density at radius 3 is 2.00 bits per heavy atom. The van der Waals surface area contributed by atoms with Crippen LogP contribution in [0.1, 0.15) is 27.7 Å². The Morgan fingerprint density at radius 1 is 1.23 bits per heavy atom. The van der Waals surface area contributed by atoms with Gasteiger partial charge in [0.15, 0.2) is 5.79 Å². The third-order valence-corrected chi connectivity index (χ3v) is 1.67. The molecular weight excluding hydrogens is 188 g/mol. The van der Waals surface area contributed by atoms with E-state index in [2.05, 4.69) is 16.0 Å². The lowest BCUT2D eigenvalue weighted by Gasteiger charge is -2.32. The van der Waals surface area contributed by atoms with Gasteiger partial charge in [-0.25, -0.2) is 4.99 Å². The van der Waals surface area contributed by atoms with Gasteiger partial charge in [0.1, 0.15) is 0 Å². The van der Waals surface area contributed by atoms with Gasteiger partial charge in [-0.05, 0) is 6.92 Å². The predicted molar refractivity (Wildman–Crippen MR) is 58.2 cm³/mol. The van der Waals surface area contributed by atoms with Crippen LogP contribution in [0.3, 0.4) is 0 Å². The molecule has 0 spiro atoms. The largest absolute Gasteiger partial charge is 0.294 e. The number of nitrogens with zero attached hydrogens (tertiary/aromatic N) is 2. The molecule has 0 saturated heterocycles. The van der Waals surface area contributed by atoms with Gasteiger partial charge in [-0.15, -0.1) is 12.4 Å². The minimum absolute atomic E-state index is 0. The van der Waals surface area contributed by atoms with Crippen molar-refractivity contribution in [2.45, 2.75) is 33.5 Å². The average molecular weight is 207 g/mol. The molecule has 0 heterocycles. The van der Waals surface area contributed by atoms with Gasteiger partial charge in [-0.1, -0.05) is 20.8 Å². The molecule has 0 unspecified atom stereocenters. The fourth-order valence-electron chi connectivity index (χ4n) is 0.357. The van der Waals surface area contributed by atoms with Crippen LogP contribution < -0.4 is 11.5 Å². The topological polar surface area (TPSA) is 76.8 Å². The quantitative estimate of drug-likeness (QED) is 0.527. The van der Waals surface area contributed by atoms with E-state index in [1.165, 1.54) is 0 Å². The number of nitrogens with two attached hydrogens (primary N) is 2. The predicted octanol–water partition coefficient (Wildman–Crippen LogP) is 1.22. The summed E-state index contributed by atoms with van der Waals surface area (Å²) in [6, 6.07) is 2.48. The van der Waals surface area contributed by atoms with E-state index in [0.29, 0.717) is 6.54 Å². The molecule has 13 heavy (non-hydrogen) atoms. The molecule has 0 atom stereocenters. The SMILES string of the molecule is CCN=C=NC(N)(N)C(C)(C)C.Cl. The van der Waals surface area contributed by atoms with Crippen LogP contribution in [0.15, 0.2) is 9.98 Å². The minimum Gasteiger partial charge on any atom is -0.294 e. The highest BCUT2D eigenvalue weighted by molar-refractivity contribution is 5.85. The van der Waals surface area contributed by atoms with Crippen LogP contribution in [0.4, 0.5) is 0 Å². The van der Waals surface area contributed by atoms with Crippen LogP contribution >= 0.6 is 12.4 Å². The van der Waals surface area contributed by atoms with Crippen LogP contribution in [0.2, 0.25) is 0 Å². The van der Waals surface area contributed by atoms with E-state index >= 15 is 0 Å². The van der Waals surface area contributed by atoms with Crippen molar-refractivity contribution in [2.24, 2.45) is 26.9 Å². The van der Waals surface area contributed by atoms with Gasteiger partial charge >= 0.3 is 0 Å². The van der Waals surface area contributed by atoms with Crippen LogP contribution in [0.5, 0.6) is 0 Å². The van der Waals surface area contributed by atoms with Gasteiger partial charge in [-0.3, -0.25) is 11.5 Å². The second kappa shape index (κ2) is 5.35. The molecular formula is C8H19ClN4. The molecule has 0 aromatic carbocycles. The standard InChI is InChI=1S/C8H18N4.ClH/c1-5-11-6-12-8(9,10)7(2,3)4;/h5,9-10H2,1-4H3;1H. The van der Waals surface area contributed by atoms with E-state index in [4.69, 9.17) is 11.5 Å². The van der Waals surface area contributed by atoms with Crippen molar-refractivity contribution < 1.29 is 0 Å². The highest BCUT2D eigenvalue weighted by atomic mass is 35.5. The molecule has 0 radical (unpaired) electrons. The first-order valence-electron chi connectivity index (χ1n) is 4.02. The smallest absolute Gasteiger partial charge is 0.174 e. The van der Waals surface area contributed by atoms with Crippen molar-refractivity contribution in [1.82, 2.24) is 0 Å². The van der Waals surface area contributed by atoms with Crippen LogP contribution in [-0.4, -0.2) is 18.3 Å². The molecule has 0 aromatic heterocycles. The van der Waals surface area contributed by atoms with Crippen LogP contribution in [0, 0.1) is 5.41 Å². The zero-order valence-corrected chi connectivity index (χ0v) is 9.48. The summed E-state index contributed by atoms with van der Waals surface area (Å²) in [6.07, 6.45) is 0. The Hall–Kier alpha value is -0.410. The highest BCUT2D eigenvalue weighted by Gasteiger charge is 2.33. The second-order valence-corrected chi connectivity index (χ2v) is 3.76. The van der Waals surface area contributed by atoms with Crippen molar-refractivity contribution in [1.29, 1.82) is 0 Å². The summed E-state index contributed by atoms with van der Waals surface area (Å²) in [7, 11) is 0. The summed E-state index contributed by atoms with van der Waals surface area (Å²) in [5.74, 6) is -1.09. The molecule has 78 valence electrons. The maximum atomic E-state index is 5.72. The molecule has 0 aliphatic carbocycles. The van der Waals surface area contributed by atoms with Gasteiger partial charge in [0.25, 0.3) is 0 Å². The Kier molecular flexibility index (Phi) is 6.20. The molecule has 5 heteroatoms. The van der Waals surface area contributed by atoms with Crippen molar-refractivity contribution in [3.8, 4) is 0 Å². The lowest BCUT2D eigenvalue weighted by atomic mass is 9.88. The van der Waals surface area contributed by atoms with Crippen molar-refractivity contribution >= 4 is 18.4 Å². The third-order valence-electron chi connectivity index (χ3n) is 1.67. The first-order chi connectivity index (χ1) is 5.31. The normalized spacial score (nSPS) is 11.2. The molecule has 0 bridgehead atoms. The number of hydrogen-bond donors (Lipinski definition) is 2. The lowest BCUT2D eigenvalue weighted by molar-refractivity contribution is 0.205. The van der Waals surface area contributed by atoms with Gasteiger partial charge in [0.2, 0.25) is 0 Å². The zero-order valence-electron chi connectivity index (χ0n) is 8.66. The first kappa shape index (κ1) is 15.1. The molecule has 0 aromatic rings. The first-order valence-corrected chi connectivity index (χ1v) is 4.02. The molecule has 0 rings (SSSR count). The Balaban J connectivity index is 0. The molecule has 0 saturated carbocycles. The van der Waals surface area contributed by atoms with Gasteiger partial charge in [0.05, 0.1) is 6.01 Å². The number of hydrogen-bond acceptors (Lipinski definition) is 4. The van der Waals surface area contributed by atoms with Crippen molar-refractivity contribution in [3.63, 3.8) is 0 Å². The summed E-state index contributed by atoms with van der Waals surface area (Å²) in [4.78, 5) is 7.65. The number of halogens is 1. The van der Waals surface area contributed by atoms with E-state index in [0.717, 1.165) is 0 Å². The fraction of sp³-hybridized carbons (Fsp3) is 0.875. The van der Waals surface area contributed by atoms with Gasteiger partial charge in [0, 0.05) is 12.0 Å². The number of aliphatic imine (C=N–C) groups is 2. The van der Waals surface area contributed by atoms with Gasteiger partial charge in [-0.2, -0.15) is 4.99 Å². The second-order valence-electron chi connectivity index (χ2n) is 3.76. The lowest BCUT2D eigenvalue weighted by Crippen LogP contribution is -2.57. The highest BCUT2D eigenvalue weighted by Crippen LogP contribution is 2.23. The van der Waals surface area contributed by atoms with E-state index in [1.54, 1.807) is 0 Å². The summed E-state index contributed by atoms with van der Waals surface area (Å²) in [5, 5.41) is 0.